The van der Waals surface area contributed by atoms with Crippen molar-refractivity contribution in [1.82, 2.24) is 5.43 Å². The molecule has 3 N–H and O–H groups in total. The van der Waals surface area contributed by atoms with Crippen LogP contribution in [-0.2, 0) is 0 Å². The number of benzene rings is 2. The Kier molecular flexibility index (Phi) is 4.45. The number of phenolic OH excluding ortho intramolecular Hbond substituents is 2. The Morgan fingerprint density at radius 3 is 2.66 bits per heavy atom. The number of fused-ring (bicyclic) bond motifs is 1. The Morgan fingerprint density at radius 1 is 1.17 bits per heavy atom. The summed E-state index contributed by atoms with van der Waals surface area (Å²) in [6, 6.07) is 6.80. The molecule has 7 heteroatoms. The zero-order valence-corrected chi connectivity index (χ0v) is 16.7. The zero-order chi connectivity index (χ0) is 20.9. The Morgan fingerprint density at radius 2 is 1.93 bits per heavy atom. The minimum atomic E-state index is -0.400. The van der Waals surface area contributed by atoms with Crippen molar-refractivity contribution in [2.75, 3.05) is 7.11 Å². The Bertz CT molecular complexity index is 1230. The Labute approximate surface area is 167 Å². The smallest absolute Gasteiger partial charge is 0.339 e. The van der Waals surface area contributed by atoms with Gasteiger partial charge in [-0.25, -0.2) is 4.79 Å². The van der Waals surface area contributed by atoms with Crippen molar-refractivity contribution in [2.24, 2.45) is 5.10 Å². The van der Waals surface area contributed by atoms with Crippen LogP contribution in [0.25, 0.3) is 11.0 Å². The molecule has 1 aromatic heterocycles. The lowest BCUT2D eigenvalue weighted by Crippen LogP contribution is -2.10. The van der Waals surface area contributed by atoms with Crippen LogP contribution in [0.5, 0.6) is 17.2 Å². The van der Waals surface area contributed by atoms with Gasteiger partial charge >= 0.3 is 5.63 Å². The van der Waals surface area contributed by atoms with E-state index in [9.17, 15) is 15.0 Å². The maximum absolute atomic E-state index is 12.0. The molecule has 29 heavy (non-hydrogen) atoms. The van der Waals surface area contributed by atoms with E-state index in [1.54, 1.807) is 32.0 Å². The van der Waals surface area contributed by atoms with Gasteiger partial charge in [-0.1, -0.05) is 6.07 Å². The number of hydrogen-bond donors (Lipinski definition) is 3. The highest BCUT2D eigenvalue weighted by molar-refractivity contribution is 6.09. The molecule has 0 bridgehead atoms. The second kappa shape index (κ2) is 6.84. The number of ether oxygens (including phenoxy) is 1. The number of methoxy groups -OCH3 is 1. The van der Waals surface area contributed by atoms with Crippen molar-refractivity contribution in [3.63, 3.8) is 0 Å². The average molecular weight is 394 g/mol. The van der Waals surface area contributed by atoms with Gasteiger partial charge in [0.25, 0.3) is 0 Å². The molecule has 0 amide bonds. The molecule has 4 rings (SSSR count). The van der Waals surface area contributed by atoms with Gasteiger partial charge in [0.2, 0.25) is 0 Å². The second-order valence-corrected chi connectivity index (χ2v) is 7.31. The molecule has 2 heterocycles. The summed E-state index contributed by atoms with van der Waals surface area (Å²) in [4.78, 5) is 12.0. The minimum absolute atomic E-state index is 0.0637. The number of rotatable bonds is 3. The fraction of sp³-hybridized carbons (Fsp3) is 0.273. The molecule has 1 aliphatic rings. The third-order valence-electron chi connectivity index (χ3n) is 5.56. The van der Waals surface area contributed by atoms with Crippen LogP contribution in [-0.4, -0.2) is 23.0 Å². The first-order valence-electron chi connectivity index (χ1n) is 9.27. The molecule has 3 aromatic rings. The fourth-order valence-electron chi connectivity index (χ4n) is 3.80. The van der Waals surface area contributed by atoms with E-state index in [-0.39, 0.29) is 17.5 Å². The highest BCUT2D eigenvalue weighted by Crippen LogP contribution is 2.38. The predicted octanol–water partition coefficient (Wildman–Crippen LogP) is 3.58. The number of hydrazone groups is 1. The van der Waals surface area contributed by atoms with Crippen LogP contribution in [0.1, 0.15) is 40.3 Å². The molecule has 0 radical (unpaired) electrons. The SMILES string of the molecule is COc1cc(C2CC(c3c(C)cc4oc(=O)c(C)c(C)c4c3O)=NN2)ccc1O. The van der Waals surface area contributed by atoms with Crippen LogP contribution in [0.3, 0.4) is 0 Å². The maximum atomic E-state index is 12.0. The van der Waals surface area contributed by atoms with Gasteiger partial charge in [-0.05, 0) is 55.7 Å². The lowest BCUT2D eigenvalue weighted by molar-refractivity contribution is 0.372. The molecular formula is C22H22N2O5. The number of phenols is 2. The number of hydrogen-bond acceptors (Lipinski definition) is 7. The maximum Gasteiger partial charge on any atom is 0.339 e. The summed E-state index contributed by atoms with van der Waals surface area (Å²) in [6.07, 6.45) is 0.544. The number of aromatic hydroxyl groups is 2. The van der Waals surface area contributed by atoms with E-state index in [0.717, 1.165) is 11.1 Å². The molecule has 2 aromatic carbocycles. The summed E-state index contributed by atoms with van der Waals surface area (Å²) >= 11 is 0. The van der Waals surface area contributed by atoms with Gasteiger partial charge in [-0.15, -0.1) is 0 Å². The quantitative estimate of drug-likeness (QED) is 0.587. The molecule has 0 saturated carbocycles. The number of nitrogens with one attached hydrogen (secondary N) is 1. The van der Waals surface area contributed by atoms with Crippen molar-refractivity contribution in [3.05, 3.63) is 62.5 Å². The Hall–Kier alpha value is -3.48. The summed E-state index contributed by atoms with van der Waals surface area (Å²) in [7, 11) is 1.50. The van der Waals surface area contributed by atoms with Crippen LogP contribution >= 0.6 is 0 Å². The fourth-order valence-corrected chi connectivity index (χ4v) is 3.80. The van der Waals surface area contributed by atoms with Gasteiger partial charge in [-0.2, -0.15) is 5.10 Å². The molecule has 0 spiro atoms. The molecule has 0 fully saturated rings. The highest BCUT2D eigenvalue weighted by atomic mass is 16.5. The average Bonchev–Trinajstić information content (AvgIpc) is 3.16. The van der Waals surface area contributed by atoms with Crippen LogP contribution in [0, 0.1) is 20.8 Å². The highest BCUT2D eigenvalue weighted by Gasteiger charge is 2.27. The standard InChI is InChI=1S/C22H22N2O5/c1-10-7-18-20(11(2)12(3)22(27)29-18)21(26)19(10)15-9-14(23-24-15)13-5-6-16(25)17(8-13)28-4/h5-8,14,23,25-26H,9H2,1-4H3. The van der Waals surface area contributed by atoms with Crippen molar-refractivity contribution < 1.29 is 19.4 Å². The first-order chi connectivity index (χ1) is 13.8. The van der Waals surface area contributed by atoms with Gasteiger partial charge in [0.05, 0.1) is 24.2 Å². The van der Waals surface area contributed by atoms with Crippen LogP contribution in [0.15, 0.2) is 38.6 Å². The van der Waals surface area contributed by atoms with E-state index in [1.165, 1.54) is 7.11 Å². The van der Waals surface area contributed by atoms with E-state index in [4.69, 9.17) is 9.15 Å². The van der Waals surface area contributed by atoms with E-state index in [1.807, 2.05) is 13.0 Å². The first kappa shape index (κ1) is 18.9. The van der Waals surface area contributed by atoms with Crippen molar-refractivity contribution in [1.29, 1.82) is 0 Å². The van der Waals surface area contributed by atoms with E-state index < -0.39 is 5.63 Å². The molecule has 1 unspecified atom stereocenters. The second-order valence-electron chi connectivity index (χ2n) is 7.31. The van der Waals surface area contributed by atoms with Crippen LogP contribution in [0.2, 0.25) is 0 Å². The van der Waals surface area contributed by atoms with Crippen molar-refractivity contribution in [3.8, 4) is 17.2 Å². The van der Waals surface area contributed by atoms with Gasteiger partial charge in [0.1, 0.15) is 11.3 Å². The normalized spacial score (nSPS) is 16.0. The molecule has 1 aliphatic heterocycles. The van der Waals surface area contributed by atoms with Gasteiger partial charge in [-0.3, -0.25) is 0 Å². The predicted molar refractivity (Wildman–Crippen MR) is 110 cm³/mol. The summed E-state index contributed by atoms with van der Waals surface area (Å²) < 4.78 is 10.6. The van der Waals surface area contributed by atoms with Crippen LogP contribution < -0.4 is 15.8 Å². The largest absolute Gasteiger partial charge is 0.506 e. The number of aryl methyl sites for hydroxylation is 2. The van der Waals surface area contributed by atoms with E-state index in [0.29, 0.717) is 45.5 Å². The third-order valence-corrected chi connectivity index (χ3v) is 5.56. The Balaban J connectivity index is 1.75. The lowest BCUT2D eigenvalue weighted by atomic mass is 9.93. The minimum Gasteiger partial charge on any atom is -0.506 e. The number of nitrogens with zero attached hydrogens (tertiary/aromatic N) is 1. The molecule has 0 saturated heterocycles. The first-order valence-corrected chi connectivity index (χ1v) is 9.27. The monoisotopic (exact) mass is 394 g/mol. The lowest BCUT2D eigenvalue weighted by Gasteiger charge is -2.14. The summed E-state index contributed by atoms with van der Waals surface area (Å²) in [5.41, 5.74) is 7.26. The van der Waals surface area contributed by atoms with Gasteiger partial charge in [0.15, 0.2) is 11.5 Å². The molecule has 0 aliphatic carbocycles. The van der Waals surface area contributed by atoms with Crippen molar-refractivity contribution >= 4 is 16.7 Å². The van der Waals surface area contributed by atoms with E-state index in [2.05, 4.69) is 10.5 Å². The summed E-state index contributed by atoms with van der Waals surface area (Å²) in [5, 5.41) is 25.8. The third kappa shape index (κ3) is 2.99. The van der Waals surface area contributed by atoms with Gasteiger partial charge < -0.3 is 24.8 Å². The summed E-state index contributed by atoms with van der Waals surface area (Å²) in [6.45, 7) is 5.33. The zero-order valence-electron chi connectivity index (χ0n) is 16.7. The topological polar surface area (TPSA) is 104 Å². The summed E-state index contributed by atoms with van der Waals surface area (Å²) in [5.74, 6) is 0.531. The molecule has 1 atom stereocenters. The van der Waals surface area contributed by atoms with Crippen LogP contribution in [0.4, 0.5) is 0 Å². The molecule has 7 nitrogen and oxygen atoms in total. The van der Waals surface area contributed by atoms with E-state index >= 15 is 0 Å². The van der Waals surface area contributed by atoms with Crippen molar-refractivity contribution in [2.45, 2.75) is 33.2 Å². The molecule has 150 valence electrons. The van der Waals surface area contributed by atoms with Gasteiger partial charge in [0, 0.05) is 17.5 Å². The molecular weight excluding hydrogens is 372 g/mol.